The van der Waals surface area contributed by atoms with Crippen LogP contribution in [0.5, 0.6) is 0 Å². The fraction of sp³-hybridized carbons (Fsp3) is 0.400. The van der Waals surface area contributed by atoms with Crippen LogP contribution in [0.2, 0.25) is 5.02 Å². The molecule has 0 radical (unpaired) electrons. The number of nitrogens with zero attached hydrogens (tertiary/aromatic N) is 1. The largest absolute Gasteiger partial charge is 0.352 e. The minimum Gasteiger partial charge on any atom is -0.352 e. The number of hydrogen-bond acceptors (Lipinski definition) is 3. The summed E-state index contributed by atoms with van der Waals surface area (Å²) in [6, 6.07) is 1.67. The lowest BCUT2D eigenvalue weighted by molar-refractivity contribution is 0.0953. The molecule has 5 heteroatoms. The molecule has 0 aliphatic rings. The molecule has 0 unspecified atom stereocenters. The van der Waals surface area contributed by atoms with Gasteiger partial charge in [-0.3, -0.25) is 9.78 Å². The molecule has 1 rings (SSSR count). The van der Waals surface area contributed by atoms with Crippen LogP contribution >= 0.6 is 11.6 Å². The van der Waals surface area contributed by atoms with Gasteiger partial charge in [0, 0.05) is 18.4 Å². The van der Waals surface area contributed by atoms with Gasteiger partial charge in [0.05, 0.1) is 10.6 Å². The number of carbonyl (C=O) groups is 1. The summed E-state index contributed by atoms with van der Waals surface area (Å²) in [5.41, 5.74) is 6.51. The third-order valence-electron chi connectivity index (χ3n) is 1.90. The number of carbonyl (C=O) groups excluding carboxylic acids is 1. The highest BCUT2D eigenvalue weighted by atomic mass is 35.5. The van der Waals surface area contributed by atoms with Gasteiger partial charge < -0.3 is 11.1 Å². The molecule has 0 saturated heterocycles. The third kappa shape index (κ3) is 3.49. The van der Waals surface area contributed by atoms with E-state index in [-0.39, 0.29) is 5.91 Å². The maximum absolute atomic E-state index is 11.6. The number of nitrogens with one attached hydrogen (secondary N) is 1. The fourth-order valence-corrected chi connectivity index (χ4v) is 1.39. The SMILES string of the molecule is Cc1cc(Cl)c(C(=O)NCCCN)cn1. The average Bonchev–Trinajstić information content (AvgIpc) is 2.17. The minimum absolute atomic E-state index is 0.207. The zero-order valence-electron chi connectivity index (χ0n) is 8.59. The molecule has 3 N–H and O–H groups in total. The molecule has 0 aromatic carbocycles. The average molecular weight is 228 g/mol. The van der Waals surface area contributed by atoms with Gasteiger partial charge in [0.2, 0.25) is 0 Å². The molecule has 0 saturated carbocycles. The number of hydrogen-bond donors (Lipinski definition) is 2. The van der Waals surface area contributed by atoms with E-state index in [4.69, 9.17) is 17.3 Å². The monoisotopic (exact) mass is 227 g/mol. The first-order valence-corrected chi connectivity index (χ1v) is 5.13. The Morgan fingerprint density at radius 1 is 1.67 bits per heavy atom. The molecule has 0 spiro atoms. The van der Waals surface area contributed by atoms with Crippen molar-refractivity contribution in [3.63, 3.8) is 0 Å². The number of rotatable bonds is 4. The molecule has 0 bridgehead atoms. The Morgan fingerprint density at radius 3 is 3.00 bits per heavy atom. The van der Waals surface area contributed by atoms with Crippen molar-refractivity contribution < 1.29 is 4.79 Å². The quantitative estimate of drug-likeness (QED) is 0.758. The van der Waals surface area contributed by atoms with Crippen LogP contribution < -0.4 is 11.1 Å². The number of pyridine rings is 1. The number of halogens is 1. The lowest BCUT2D eigenvalue weighted by Crippen LogP contribution is -2.26. The van der Waals surface area contributed by atoms with Gasteiger partial charge in [-0.05, 0) is 26.0 Å². The van der Waals surface area contributed by atoms with E-state index >= 15 is 0 Å². The van der Waals surface area contributed by atoms with Crippen molar-refractivity contribution in [3.8, 4) is 0 Å². The Balaban J connectivity index is 2.65. The van der Waals surface area contributed by atoms with E-state index in [1.165, 1.54) is 6.20 Å². The summed E-state index contributed by atoms with van der Waals surface area (Å²) in [6.45, 7) is 2.93. The van der Waals surface area contributed by atoms with Crippen molar-refractivity contribution in [2.75, 3.05) is 13.1 Å². The van der Waals surface area contributed by atoms with E-state index in [0.29, 0.717) is 23.7 Å². The molecule has 1 aromatic rings. The van der Waals surface area contributed by atoms with E-state index < -0.39 is 0 Å². The van der Waals surface area contributed by atoms with Crippen LogP contribution in [0.25, 0.3) is 0 Å². The van der Waals surface area contributed by atoms with E-state index in [0.717, 1.165) is 12.1 Å². The Hall–Kier alpha value is -1.13. The molecule has 1 aromatic heterocycles. The number of nitrogens with two attached hydrogens (primary N) is 1. The standard InChI is InChI=1S/C10H14ClN3O/c1-7-5-9(11)8(6-14-7)10(15)13-4-2-3-12/h5-6H,2-4,12H2,1H3,(H,13,15). The molecule has 0 aliphatic heterocycles. The van der Waals surface area contributed by atoms with Gasteiger partial charge in [0.15, 0.2) is 0 Å². The highest BCUT2D eigenvalue weighted by molar-refractivity contribution is 6.33. The molecule has 0 atom stereocenters. The van der Waals surface area contributed by atoms with Crippen LogP contribution in [0.3, 0.4) is 0 Å². The number of aromatic nitrogens is 1. The maximum atomic E-state index is 11.6. The van der Waals surface area contributed by atoms with Gasteiger partial charge in [-0.1, -0.05) is 11.6 Å². The van der Waals surface area contributed by atoms with E-state index in [1.54, 1.807) is 6.07 Å². The van der Waals surface area contributed by atoms with Crippen LogP contribution in [0.1, 0.15) is 22.5 Å². The zero-order valence-corrected chi connectivity index (χ0v) is 9.34. The van der Waals surface area contributed by atoms with Gasteiger partial charge in [-0.2, -0.15) is 0 Å². The third-order valence-corrected chi connectivity index (χ3v) is 2.21. The Labute approximate surface area is 93.8 Å². The van der Waals surface area contributed by atoms with Gasteiger partial charge in [0.1, 0.15) is 0 Å². The van der Waals surface area contributed by atoms with Crippen LogP contribution in [0.4, 0.5) is 0 Å². The number of aryl methyl sites for hydroxylation is 1. The summed E-state index contributed by atoms with van der Waals surface area (Å²) in [4.78, 5) is 15.6. The van der Waals surface area contributed by atoms with Crippen molar-refractivity contribution in [1.82, 2.24) is 10.3 Å². The first-order chi connectivity index (χ1) is 7.15. The molecule has 1 amide bonds. The van der Waals surface area contributed by atoms with Crippen LogP contribution in [0.15, 0.2) is 12.3 Å². The predicted molar refractivity (Wildman–Crippen MR) is 60.0 cm³/mol. The molecule has 0 aliphatic carbocycles. The van der Waals surface area contributed by atoms with Crippen molar-refractivity contribution >= 4 is 17.5 Å². The maximum Gasteiger partial charge on any atom is 0.254 e. The van der Waals surface area contributed by atoms with Gasteiger partial charge in [-0.25, -0.2) is 0 Å². The second-order valence-corrected chi connectivity index (χ2v) is 3.61. The lowest BCUT2D eigenvalue weighted by atomic mass is 10.2. The van der Waals surface area contributed by atoms with Crippen LogP contribution in [-0.4, -0.2) is 24.0 Å². The van der Waals surface area contributed by atoms with Crippen LogP contribution in [-0.2, 0) is 0 Å². The molecule has 15 heavy (non-hydrogen) atoms. The zero-order chi connectivity index (χ0) is 11.3. The topological polar surface area (TPSA) is 68.0 Å². The summed E-state index contributed by atoms with van der Waals surface area (Å²) in [6.07, 6.45) is 2.23. The predicted octanol–water partition coefficient (Wildman–Crippen LogP) is 1.12. The summed E-state index contributed by atoms with van der Waals surface area (Å²) in [7, 11) is 0. The van der Waals surface area contributed by atoms with Crippen LogP contribution in [0, 0.1) is 6.92 Å². The first kappa shape index (κ1) is 11.9. The Bertz CT molecular complexity index is 355. The molecule has 1 heterocycles. The second kappa shape index (κ2) is 5.68. The second-order valence-electron chi connectivity index (χ2n) is 3.20. The summed E-state index contributed by atoms with van der Waals surface area (Å²) in [5, 5.41) is 3.14. The fourth-order valence-electron chi connectivity index (χ4n) is 1.09. The summed E-state index contributed by atoms with van der Waals surface area (Å²) in [5.74, 6) is -0.207. The van der Waals surface area contributed by atoms with Crippen molar-refractivity contribution in [2.24, 2.45) is 5.73 Å². The highest BCUT2D eigenvalue weighted by Gasteiger charge is 2.09. The molecule has 82 valence electrons. The summed E-state index contributed by atoms with van der Waals surface area (Å²) >= 11 is 5.91. The first-order valence-electron chi connectivity index (χ1n) is 4.75. The van der Waals surface area contributed by atoms with Crippen molar-refractivity contribution in [2.45, 2.75) is 13.3 Å². The van der Waals surface area contributed by atoms with Crippen molar-refractivity contribution in [3.05, 3.63) is 28.5 Å². The van der Waals surface area contributed by atoms with Crippen molar-refractivity contribution in [1.29, 1.82) is 0 Å². The van der Waals surface area contributed by atoms with E-state index in [1.807, 2.05) is 6.92 Å². The molecule has 4 nitrogen and oxygen atoms in total. The normalized spacial score (nSPS) is 10.1. The molecular formula is C10H14ClN3O. The highest BCUT2D eigenvalue weighted by Crippen LogP contribution is 2.15. The van der Waals surface area contributed by atoms with E-state index in [9.17, 15) is 4.79 Å². The van der Waals surface area contributed by atoms with E-state index in [2.05, 4.69) is 10.3 Å². The molecular weight excluding hydrogens is 214 g/mol. The van der Waals surface area contributed by atoms with Gasteiger partial charge >= 0.3 is 0 Å². The minimum atomic E-state index is -0.207. The van der Waals surface area contributed by atoms with Gasteiger partial charge in [0.25, 0.3) is 5.91 Å². The Kier molecular flexibility index (Phi) is 4.52. The number of amides is 1. The molecule has 0 fully saturated rings. The summed E-state index contributed by atoms with van der Waals surface area (Å²) < 4.78 is 0. The lowest BCUT2D eigenvalue weighted by Gasteiger charge is -2.05. The van der Waals surface area contributed by atoms with Gasteiger partial charge in [-0.15, -0.1) is 0 Å². The Morgan fingerprint density at radius 2 is 2.40 bits per heavy atom. The smallest absolute Gasteiger partial charge is 0.254 e.